The Hall–Kier alpha value is -1.36. The summed E-state index contributed by atoms with van der Waals surface area (Å²) in [7, 11) is 0. The second-order valence-electron chi connectivity index (χ2n) is 4.70. The Labute approximate surface area is 99.8 Å². The van der Waals surface area contributed by atoms with Crippen molar-refractivity contribution >= 4 is 5.97 Å². The van der Waals surface area contributed by atoms with Gasteiger partial charge in [-0.1, -0.05) is 13.8 Å². The fourth-order valence-corrected chi connectivity index (χ4v) is 2.11. The van der Waals surface area contributed by atoms with Crippen LogP contribution >= 0.6 is 0 Å². The highest BCUT2D eigenvalue weighted by atomic mass is 16.5. The molecule has 0 spiro atoms. The first-order chi connectivity index (χ1) is 8.00. The Kier molecular flexibility index (Phi) is 3.19. The van der Waals surface area contributed by atoms with Crippen LogP contribution in [0.15, 0.2) is 4.42 Å². The number of carboxylic acids is 1. The lowest BCUT2D eigenvalue weighted by atomic mass is 10.0. The van der Waals surface area contributed by atoms with Crippen LogP contribution in [0.25, 0.3) is 0 Å². The van der Waals surface area contributed by atoms with E-state index < -0.39 is 5.97 Å². The Morgan fingerprint density at radius 2 is 2.24 bits per heavy atom. The van der Waals surface area contributed by atoms with Crippen molar-refractivity contribution in [2.75, 3.05) is 6.61 Å². The molecule has 1 fully saturated rings. The van der Waals surface area contributed by atoms with E-state index in [9.17, 15) is 4.79 Å². The second-order valence-corrected chi connectivity index (χ2v) is 4.70. The summed E-state index contributed by atoms with van der Waals surface area (Å²) in [5.74, 6) is -0.485. The molecule has 1 aliphatic heterocycles. The number of aromatic nitrogens is 1. The molecule has 1 aromatic rings. The Morgan fingerprint density at radius 3 is 2.65 bits per heavy atom. The maximum atomic E-state index is 11.1. The quantitative estimate of drug-likeness (QED) is 0.876. The number of ether oxygens (including phenoxy) is 1. The lowest BCUT2D eigenvalue weighted by Gasteiger charge is -2.08. The van der Waals surface area contributed by atoms with Crippen LogP contribution in [0.4, 0.5) is 0 Å². The number of hydrogen-bond donors (Lipinski definition) is 1. The van der Waals surface area contributed by atoms with Crippen molar-refractivity contribution in [3.05, 3.63) is 17.3 Å². The molecule has 0 radical (unpaired) electrons. The molecule has 1 aliphatic rings. The van der Waals surface area contributed by atoms with E-state index in [0.717, 1.165) is 6.42 Å². The van der Waals surface area contributed by atoms with Crippen LogP contribution in [-0.2, 0) is 4.74 Å². The molecular formula is C12H17NO4. The van der Waals surface area contributed by atoms with Gasteiger partial charge in [0.15, 0.2) is 0 Å². The highest BCUT2D eigenvalue weighted by Crippen LogP contribution is 2.33. The van der Waals surface area contributed by atoms with Gasteiger partial charge < -0.3 is 14.3 Å². The second kappa shape index (κ2) is 4.49. The lowest BCUT2D eigenvalue weighted by molar-refractivity contribution is 0.0654. The Bertz CT molecular complexity index is 424. The molecule has 0 amide bonds. The van der Waals surface area contributed by atoms with Gasteiger partial charge in [-0.05, 0) is 19.3 Å². The van der Waals surface area contributed by atoms with E-state index in [1.54, 1.807) is 0 Å². The lowest BCUT2D eigenvalue weighted by Crippen LogP contribution is -2.09. The third-order valence-corrected chi connectivity index (χ3v) is 3.10. The van der Waals surface area contributed by atoms with Crippen LogP contribution in [-0.4, -0.2) is 28.8 Å². The molecule has 94 valence electrons. The minimum atomic E-state index is -1.06. The first-order valence-corrected chi connectivity index (χ1v) is 5.86. The first kappa shape index (κ1) is 12.1. The average Bonchev–Trinajstić information content (AvgIpc) is 2.82. The van der Waals surface area contributed by atoms with Gasteiger partial charge in [0.1, 0.15) is 0 Å². The summed E-state index contributed by atoms with van der Waals surface area (Å²) in [6.45, 7) is 6.44. The molecule has 2 heterocycles. The predicted molar refractivity (Wildman–Crippen MR) is 60.3 cm³/mol. The minimum absolute atomic E-state index is 0.0332. The molecule has 5 nitrogen and oxygen atoms in total. The highest BCUT2D eigenvalue weighted by Gasteiger charge is 2.32. The van der Waals surface area contributed by atoms with E-state index in [1.165, 1.54) is 0 Å². The van der Waals surface area contributed by atoms with E-state index >= 15 is 0 Å². The van der Waals surface area contributed by atoms with Crippen molar-refractivity contribution in [1.82, 2.24) is 4.98 Å². The molecule has 0 aromatic carbocycles. The molecule has 17 heavy (non-hydrogen) atoms. The van der Waals surface area contributed by atoms with Gasteiger partial charge >= 0.3 is 5.97 Å². The maximum Gasteiger partial charge on any atom is 0.373 e. The number of rotatable bonds is 3. The van der Waals surface area contributed by atoms with Crippen molar-refractivity contribution < 1.29 is 19.1 Å². The van der Waals surface area contributed by atoms with Crippen molar-refractivity contribution in [3.8, 4) is 0 Å². The van der Waals surface area contributed by atoms with E-state index in [-0.39, 0.29) is 23.7 Å². The van der Waals surface area contributed by atoms with E-state index in [1.807, 2.05) is 20.8 Å². The van der Waals surface area contributed by atoms with Crippen LogP contribution in [0, 0.1) is 0 Å². The molecule has 1 saturated heterocycles. The predicted octanol–water partition coefficient (Wildman–Crippen LogP) is 2.39. The smallest absolute Gasteiger partial charge is 0.373 e. The molecule has 0 saturated carbocycles. The topological polar surface area (TPSA) is 72.6 Å². The van der Waals surface area contributed by atoms with Crippen LogP contribution in [0.1, 0.15) is 61.2 Å². The standard InChI is InChI=1S/C12H17NO4/c1-6(2)9-10(12(14)15)17-11(13-9)8-4-5-16-7(8)3/h6-8H,4-5H2,1-3H3,(H,14,15)/t7-,8+/m1/s1. The van der Waals surface area contributed by atoms with Crippen LogP contribution in [0.2, 0.25) is 0 Å². The largest absolute Gasteiger partial charge is 0.475 e. The van der Waals surface area contributed by atoms with Gasteiger partial charge in [0.2, 0.25) is 11.7 Å². The van der Waals surface area contributed by atoms with Gasteiger partial charge in [0, 0.05) is 6.61 Å². The molecule has 2 rings (SSSR count). The van der Waals surface area contributed by atoms with Crippen molar-refractivity contribution in [3.63, 3.8) is 0 Å². The van der Waals surface area contributed by atoms with Crippen LogP contribution in [0.3, 0.4) is 0 Å². The fraction of sp³-hybridized carbons (Fsp3) is 0.667. The van der Waals surface area contributed by atoms with Gasteiger partial charge in [-0.15, -0.1) is 0 Å². The molecule has 0 unspecified atom stereocenters. The molecule has 5 heteroatoms. The van der Waals surface area contributed by atoms with Gasteiger partial charge in [0.05, 0.1) is 17.7 Å². The van der Waals surface area contributed by atoms with Gasteiger partial charge in [-0.25, -0.2) is 9.78 Å². The van der Waals surface area contributed by atoms with Gasteiger partial charge in [-0.3, -0.25) is 0 Å². The zero-order valence-electron chi connectivity index (χ0n) is 10.3. The summed E-state index contributed by atoms with van der Waals surface area (Å²) < 4.78 is 10.8. The number of hydrogen-bond acceptors (Lipinski definition) is 4. The zero-order valence-corrected chi connectivity index (χ0v) is 10.3. The molecule has 1 N–H and O–H groups in total. The van der Waals surface area contributed by atoms with E-state index in [2.05, 4.69) is 4.98 Å². The fourth-order valence-electron chi connectivity index (χ4n) is 2.11. The molecule has 0 bridgehead atoms. The molecule has 2 atom stereocenters. The number of aromatic carboxylic acids is 1. The maximum absolute atomic E-state index is 11.1. The summed E-state index contributed by atoms with van der Waals surface area (Å²) >= 11 is 0. The molecule has 0 aliphatic carbocycles. The van der Waals surface area contributed by atoms with Crippen molar-refractivity contribution in [1.29, 1.82) is 0 Å². The SMILES string of the molecule is CC(C)c1nc([C@H]2CCO[C@@H]2C)oc1C(=O)O. The van der Waals surface area contributed by atoms with E-state index in [4.69, 9.17) is 14.3 Å². The Morgan fingerprint density at radius 1 is 1.53 bits per heavy atom. The third kappa shape index (κ3) is 2.20. The van der Waals surface area contributed by atoms with Crippen LogP contribution in [0.5, 0.6) is 0 Å². The number of nitrogens with zero attached hydrogens (tertiary/aromatic N) is 1. The average molecular weight is 239 g/mol. The minimum Gasteiger partial charge on any atom is -0.475 e. The number of carboxylic acid groups (broad SMARTS) is 1. The summed E-state index contributed by atoms with van der Waals surface area (Å²) in [6, 6.07) is 0. The highest BCUT2D eigenvalue weighted by molar-refractivity contribution is 5.85. The number of carbonyl (C=O) groups is 1. The summed E-state index contributed by atoms with van der Waals surface area (Å²) in [4.78, 5) is 15.4. The number of oxazole rings is 1. The summed E-state index contributed by atoms with van der Waals surface area (Å²) in [5.41, 5.74) is 0.520. The normalized spacial score (nSPS) is 24.5. The Balaban J connectivity index is 2.36. The molecular weight excluding hydrogens is 222 g/mol. The summed E-state index contributed by atoms with van der Waals surface area (Å²) in [5, 5.41) is 9.07. The van der Waals surface area contributed by atoms with Crippen molar-refractivity contribution in [2.24, 2.45) is 0 Å². The first-order valence-electron chi connectivity index (χ1n) is 5.86. The van der Waals surface area contributed by atoms with Gasteiger partial charge in [-0.2, -0.15) is 0 Å². The van der Waals surface area contributed by atoms with E-state index in [0.29, 0.717) is 18.2 Å². The monoisotopic (exact) mass is 239 g/mol. The molecule has 1 aromatic heterocycles. The third-order valence-electron chi connectivity index (χ3n) is 3.10. The van der Waals surface area contributed by atoms with Gasteiger partial charge in [0.25, 0.3) is 0 Å². The summed E-state index contributed by atoms with van der Waals surface area (Å²) in [6.07, 6.45) is 0.869. The van der Waals surface area contributed by atoms with Crippen molar-refractivity contribution in [2.45, 2.75) is 45.1 Å². The van der Waals surface area contributed by atoms with Crippen LogP contribution < -0.4 is 0 Å². The zero-order chi connectivity index (χ0) is 12.6.